The second kappa shape index (κ2) is 9.85. The highest BCUT2D eigenvalue weighted by atomic mass is 127. The lowest BCUT2D eigenvalue weighted by atomic mass is 10.2. The molecule has 1 aromatic carbocycles. The van der Waals surface area contributed by atoms with E-state index in [1.165, 1.54) is 0 Å². The third-order valence-corrected chi connectivity index (χ3v) is 7.08. The molecule has 1 aliphatic rings. The van der Waals surface area contributed by atoms with Crippen molar-refractivity contribution in [1.29, 1.82) is 0 Å². The van der Waals surface area contributed by atoms with Crippen LogP contribution in [0, 0.1) is 6.92 Å². The monoisotopic (exact) mass is 516 g/mol. The highest BCUT2D eigenvalue weighted by Gasteiger charge is 2.28. The fraction of sp³-hybridized carbons (Fsp3) is 0.533. The number of aryl methyl sites for hydroxylation is 1. The van der Waals surface area contributed by atoms with Gasteiger partial charge in [-0.3, -0.25) is 4.99 Å². The number of hydrogen-bond donors (Lipinski definition) is 3. The number of nitrogens with zero attached hydrogens (tertiary/aromatic N) is 1. The molecule has 0 radical (unpaired) electrons. The molecule has 11 heteroatoms. The summed E-state index contributed by atoms with van der Waals surface area (Å²) in [5.74, 6) is 0.725. The first kappa shape index (κ1) is 23.1. The zero-order chi connectivity index (χ0) is 18.5. The van der Waals surface area contributed by atoms with Crippen molar-refractivity contribution in [3.05, 3.63) is 29.8 Å². The summed E-state index contributed by atoms with van der Waals surface area (Å²) in [6.45, 7) is 2.39. The van der Waals surface area contributed by atoms with E-state index in [-0.39, 0.29) is 53.0 Å². The van der Waals surface area contributed by atoms with Crippen LogP contribution in [0.15, 0.2) is 34.2 Å². The van der Waals surface area contributed by atoms with Crippen LogP contribution < -0.4 is 15.4 Å². The highest BCUT2D eigenvalue weighted by molar-refractivity contribution is 14.0. The van der Waals surface area contributed by atoms with Crippen molar-refractivity contribution in [1.82, 2.24) is 15.4 Å². The molecule has 1 fully saturated rings. The van der Waals surface area contributed by atoms with Crippen molar-refractivity contribution in [3.63, 3.8) is 0 Å². The van der Waals surface area contributed by atoms with Crippen molar-refractivity contribution < 1.29 is 16.8 Å². The number of guanidine groups is 1. The fourth-order valence-corrected chi connectivity index (χ4v) is 5.17. The number of halogens is 1. The number of aliphatic imine (C=N–C) groups is 1. The van der Waals surface area contributed by atoms with Gasteiger partial charge in [0.15, 0.2) is 15.8 Å². The molecule has 0 amide bonds. The molecule has 8 nitrogen and oxygen atoms in total. The molecule has 0 bridgehead atoms. The van der Waals surface area contributed by atoms with E-state index in [9.17, 15) is 16.8 Å². The Balaban J connectivity index is 0.00000338. The first-order valence-electron chi connectivity index (χ1n) is 7.96. The third kappa shape index (κ3) is 7.00. The van der Waals surface area contributed by atoms with Crippen molar-refractivity contribution in [3.8, 4) is 0 Å². The Morgan fingerprint density at radius 1 is 1.23 bits per heavy atom. The van der Waals surface area contributed by atoms with Crippen molar-refractivity contribution in [2.24, 2.45) is 4.99 Å². The predicted octanol–water partition coefficient (Wildman–Crippen LogP) is 0.243. The van der Waals surface area contributed by atoms with Crippen molar-refractivity contribution in [2.75, 3.05) is 31.6 Å². The molecule has 0 saturated carbocycles. The Bertz CT molecular complexity index is 824. The lowest BCUT2D eigenvalue weighted by molar-refractivity contribution is 0.579. The topological polar surface area (TPSA) is 117 Å². The summed E-state index contributed by atoms with van der Waals surface area (Å²) in [6.07, 6.45) is 0.545. The van der Waals surface area contributed by atoms with Crippen LogP contribution in [-0.4, -0.2) is 60.5 Å². The van der Waals surface area contributed by atoms with Crippen LogP contribution in [0.5, 0.6) is 0 Å². The van der Waals surface area contributed by atoms with E-state index in [1.54, 1.807) is 31.3 Å². The van der Waals surface area contributed by atoms with Gasteiger partial charge in [0, 0.05) is 26.2 Å². The molecule has 2 rings (SSSR count). The quantitative estimate of drug-likeness (QED) is 0.216. The maximum atomic E-state index is 12.2. The maximum absolute atomic E-state index is 12.2. The molecule has 1 heterocycles. The molecule has 1 aliphatic heterocycles. The van der Waals surface area contributed by atoms with E-state index in [0.29, 0.717) is 18.9 Å². The number of hydrogen-bond acceptors (Lipinski definition) is 5. The Labute approximate surface area is 172 Å². The zero-order valence-electron chi connectivity index (χ0n) is 14.7. The van der Waals surface area contributed by atoms with Gasteiger partial charge in [-0.25, -0.2) is 21.6 Å². The van der Waals surface area contributed by atoms with Gasteiger partial charge in [-0.05, 0) is 25.5 Å². The maximum Gasteiger partial charge on any atom is 0.240 e. The van der Waals surface area contributed by atoms with Gasteiger partial charge in [0.05, 0.1) is 16.4 Å². The second-order valence-corrected chi connectivity index (χ2v) is 9.95. The summed E-state index contributed by atoms with van der Waals surface area (Å²) in [5.41, 5.74) is 0.990. The standard InChI is InChI=1S/C15H24N4O4S2.HI/c1-12-3-5-14(6-4-12)25(22,23)18-9-8-17-15(16-2)19-13-7-10-24(20,21)11-13;/h3-6,13,18H,7-11H2,1-2H3,(H2,16,17,19);1H. The van der Waals surface area contributed by atoms with E-state index < -0.39 is 19.9 Å². The molecular formula is C15H25IN4O4S2. The predicted molar refractivity (Wildman–Crippen MR) is 113 cm³/mol. The molecule has 0 spiro atoms. The van der Waals surface area contributed by atoms with Gasteiger partial charge in [-0.15, -0.1) is 24.0 Å². The SMILES string of the molecule is CN=C(NCCNS(=O)(=O)c1ccc(C)cc1)NC1CCS(=O)(=O)C1.I. The zero-order valence-corrected chi connectivity index (χ0v) is 18.7. The molecule has 148 valence electrons. The number of sulfonamides is 1. The molecule has 0 aliphatic carbocycles. The van der Waals surface area contributed by atoms with Crippen LogP contribution in [-0.2, 0) is 19.9 Å². The van der Waals surface area contributed by atoms with E-state index in [4.69, 9.17) is 0 Å². The van der Waals surface area contributed by atoms with Crippen LogP contribution in [0.3, 0.4) is 0 Å². The average molecular weight is 516 g/mol. The summed E-state index contributed by atoms with van der Waals surface area (Å²) in [6, 6.07) is 6.45. The second-order valence-electron chi connectivity index (χ2n) is 5.95. The molecule has 26 heavy (non-hydrogen) atoms. The summed E-state index contributed by atoms with van der Waals surface area (Å²) >= 11 is 0. The largest absolute Gasteiger partial charge is 0.355 e. The van der Waals surface area contributed by atoms with Crippen LogP contribution >= 0.6 is 24.0 Å². The van der Waals surface area contributed by atoms with E-state index in [0.717, 1.165) is 5.56 Å². The lowest BCUT2D eigenvalue weighted by Crippen LogP contribution is -2.46. The first-order chi connectivity index (χ1) is 11.7. The van der Waals surface area contributed by atoms with Gasteiger partial charge in [0.1, 0.15) is 0 Å². The third-order valence-electron chi connectivity index (χ3n) is 3.84. The van der Waals surface area contributed by atoms with E-state index >= 15 is 0 Å². The van der Waals surface area contributed by atoms with Gasteiger partial charge in [-0.2, -0.15) is 0 Å². The molecule has 0 aromatic heterocycles. The van der Waals surface area contributed by atoms with Crippen LogP contribution in [0.4, 0.5) is 0 Å². The summed E-state index contributed by atoms with van der Waals surface area (Å²) in [4.78, 5) is 4.24. The Morgan fingerprint density at radius 3 is 2.42 bits per heavy atom. The normalized spacial score (nSPS) is 19.6. The summed E-state index contributed by atoms with van der Waals surface area (Å²) < 4.78 is 49.7. The average Bonchev–Trinajstić information content (AvgIpc) is 2.89. The van der Waals surface area contributed by atoms with Crippen molar-refractivity contribution >= 4 is 49.8 Å². The summed E-state index contributed by atoms with van der Waals surface area (Å²) in [7, 11) is -4.93. The molecule has 3 N–H and O–H groups in total. The van der Waals surface area contributed by atoms with E-state index in [1.807, 2.05) is 6.92 Å². The fourth-order valence-electron chi connectivity index (χ4n) is 2.46. The molecule has 1 atom stereocenters. The Kier molecular flexibility index (Phi) is 8.76. The summed E-state index contributed by atoms with van der Waals surface area (Å²) in [5, 5.41) is 6.01. The number of nitrogens with one attached hydrogen (secondary N) is 3. The molecule has 1 saturated heterocycles. The van der Waals surface area contributed by atoms with Crippen LogP contribution in [0.2, 0.25) is 0 Å². The van der Waals surface area contributed by atoms with Gasteiger partial charge < -0.3 is 10.6 Å². The van der Waals surface area contributed by atoms with Gasteiger partial charge >= 0.3 is 0 Å². The Morgan fingerprint density at radius 2 is 1.88 bits per heavy atom. The van der Waals surface area contributed by atoms with Crippen LogP contribution in [0.1, 0.15) is 12.0 Å². The minimum absolute atomic E-state index is 0. The minimum atomic E-state index is -3.55. The van der Waals surface area contributed by atoms with Gasteiger partial charge in [-0.1, -0.05) is 17.7 Å². The lowest BCUT2D eigenvalue weighted by Gasteiger charge is -2.16. The number of sulfone groups is 1. The van der Waals surface area contributed by atoms with Gasteiger partial charge in [0.2, 0.25) is 10.0 Å². The van der Waals surface area contributed by atoms with E-state index in [2.05, 4.69) is 20.3 Å². The first-order valence-corrected chi connectivity index (χ1v) is 11.3. The molecule has 1 aromatic rings. The molecule has 1 unspecified atom stereocenters. The van der Waals surface area contributed by atoms with Gasteiger partial charge in [0.25, 0.3) is 0 Å². The van der Waals surface area contributed by atoms with Crippen molar-refractivity contribution in [2.45, 2.75) is 24.3 Å². The number of benzene rings is 1. The smallest absolute Gasteiger partial charge is 0.240 e. The minimum Gasteiger partial charge on any atom is -0.355 e. The number of rotatable bonds is 6. The van der Waals surface area contributed by atoms with Crippen LogP contribution in [0.25, 0.3) is 0 Å². The Hall–Kier alpha value is -0.920. The molecular weight excluding hydrogens is 491 g/mol. The highest BCUT2D eigenvalue weighted by Crippen LogP contribution is 2.11.